The van der Waals surface area contributed by atoms with Crippen molar-refractivity contribution in [1.82, 2.24) is 0 Å². The second-order valence-electron chi connectivity index (χ2n) is 4.94. The Morgan fingerprint density at radius 1 is 1.09 bits per heavy atom. The van der Waals surface area contributed by atoms with Gasteiger partial charge in [-0.25, -0.2) is 0 Å². The minimum atomic E-state index is -0.426. The number of non-ortho nitro benzene ring substituents is 1. The summed E-state index contributed by atoms with van der Waals surface area (Å²) < 4.78 is 0. The van der Waals surface area contributed by atoms with Gasteiger partial charge in [0.1, 0.15) is 0 Å². The van der Waals surface area contributed by atoms with Crippen LogP contribution >= 0.6 is 0 Å². The van der Waals surface area contributed by atoms with Crippen molar-refractivity contribution in [3.8, 4) is 0 Å². The van der Waals surface area contributed by atoms with Crippen LogP contribution in [0.5, 0.6) is 0 Å². The van der Waals surface area contributed by atoms with Gasteiger partial charge in [0.2, 0.25) is 0 Å². The summed E-state index contributed by atoms with van der Waals surface area (Å²) >= 11 is 0. The van der Waals surface area contributed by atoms with Crippen LogP contribution in [0.2, 0.25) is 0 Å². The molecule has 0 heterocycles. The Hall–Kier alpha value is -2.89. The number of hydrogen-bond acceptors (Lipinski definition) is 5. The van der Waals surface area contributed by atoms with Gasteiger partial charge < -0.3 is 4.90 Å². The summed E-state index contributed by atoms with van der Waals surface area (Å²) in [7, 11) is 0. The molecule has 0 fully saturated rings. The van der Waals surface area contributed by atoms with E-state index in [1.54, 1.807) is 18.3 Å². The molecule has 2 rings (SSSR count). The number of rotatable bonds is 7. The molecule has 2 aromatic carbocycles. The summed E-state index contributed by atoms with van der Waals surface area (Å²) in [6, 6.07) is 14.3. The summed E-state index contributed by atoms with van der Waals surface area (Å²) in [5.41, 5.74) is 5.79. The number of hydrogen-bond donors (Lipinski definition) is 1. The quantitative estimate of drug-likeness (QED) is 0.478. The molecule has 0 aliphatic rings. The fraction of sp³-hybridized carbons (Fsp3) is 0.235. The Morgan fingerprint density at radius 3 is 2.22 bits per heavy atom. The molecule has 0 radical (unpaired) electrons. The van der Waals surface area contributed by atoms with Crippen LogP contribution in [0.4, 0.5) is 17.1 Å². The highest BCUT2D eigenvalue weighted by Crippen LogP contribution is 2.16. The Bertz CT molecular complexity index is 662. The third-order valence-electron chi connectivity index (χ3n) is 3.51. The van der Waals surface area contributed by atoms with Gasteiger partial charge in [0.15, 0.2) is 0 Å². The summed E-state index contributed by atoms with van der Waals surface area (Å²) in [5.74, 6) is 0. The molecule has 0 saturated heterocycles. The number of benzene rings is 2. The highest BCUT2D eigenvalue weighted by molar-refractivity contribution is 5.81. The van der Waals surface area contributed by atoms with E-state index >= 15 is 0 Å². The summed E-state index contributed by atoms with van der Waals surface area (Å²) in [5, 5.41) is 14.7. The highest BCUT2D eigenvalue weighted by atomic mass is 16.6. The van der Waals surface area contributed by atoms with Crippen molar-refractivity contribution in [2.45, 2.75) is 13.8 Å². The molecule has 0 aliphatic carbocycles. The lowest BCUT2D eigenvalue weighted by atomic mass is 10.2. The van der Waals surface area contributed by atoms with Crippen LogP contribution < -0.4 is 10.3 Å². The number of hydrazone groups is 1. The molecule has 2 aromatic rings. The zero-order chi connectivity index (χ0) is 16.7. The highest BCUT2D eigenvalue weighted by Gasteiger charge is 2.03. The van der Waals surface area contributed by atoms with Crippen LogP contribution in [-0.4, -0.2) is 24.2 Å². The molecule has 0 bridgehead atoms. The maximum absolute atomic E-state index is 10.6. The van der Waals surface area contributed by atoms with Crippen molar-refractivity contribution in [2.24, 2.45) is 5.10 Å². The van der Waals surface area contributed by atoms with E-state index in [1.165, 1.54) is 17.8 Å². The van der Waals surface area contributed by atoms with Gasteiger partial charge in [0, 0.05) is 30.9 Å². The van der Waals surface area contributed by atoms with Gasteiger partial charge in [-0.1, -0.05) is 12.1 Å². The molecule has 0 aliphatic heterocycles. The Balaban J connectivity index is 1.96. The maximum atomic E-state index is 10.6. The zero-order valence-electron chi connectivity index (χ0n) is 13.3. The standard InChI is InChI=1S/C17H20N4O2/c1-3-20(4-2)16-9-5-14(6-10-16)13-18-19-15-7-11-17(12-8-15)21(22)23/h5-13,19H,3-4H2,1-2H3/b18-13+. The SMILES string of the molecule is CCN(CC)c1ccc(/C=N/Nc2ccc([N+](=O)[O-])cc2)cc1. The van der Waals surface area contributed by atoms with Crippen molar-refractivity contribution < 1.29 is 4.92 Å². The van der Waals surface area contributed by atoms with E-state index in [0.29, 0.717) is 5.69 Å². The van der Waals surface area contributed by atoms with E-state index in [1.807, 2.05) is 12.1 Å². The van der Waals surface area contributed by atoms with E-state index in [0.717, 1.165) is 18.7 Å². The van der Waals surface area contributed by atoms with Gasteiger partial charge in [-0.15, -0.1) is 0 Å². The van der Waals surface area contributed by atoms with Gasteiger partial charge in [-0.05, 0) is 43.7 Å². The fourth-order valence-electron chi connectivity index (χ4n) is 2.20. The molecule has 0 saturated carbocycles. The van der Waals surface area contributed by atoms with Gasteiger partial charge in [0.25, 0.3) is 5.69 Å². The molecule has 1 N–H and O–H groups in total. The Morgan fingerprint density at radius 2 is 1.70 bits per heavy atom. The largest absolute Gasteiger partial charge is 0.372 e. The van der Waals surface area contributed by atoms with E-state index in [9.17, 15) is 10.1 Å². The number of nitrogens with one attached hydrogen (secondary N) is 1. The number of nitro benzene ring substituents is 1. The second kappa shape index (κ2) is 7.93. The lowest BCUT2D eigenvalue weighted by Gasteiger charge is -2.20. The smallest absolute Gasteiger partial charge is 0.269 e. The van der Waals surface area contributed by atoms with Gasteiger partial charge in [0.05, 0.1) is 16.8 Å². The Kier molecular flexibility index (Phi) is 5.68. The van der Waals surface area contributed by atoms with Crippen molar-refractivity contribution in [2.75, 3.05) is 23.4 Å². The van der Waals surface area contributed by atoms with Crippen LogP contribution in [0.1, 0.15) is 19.4 Å². The zero-order valence-corrected chi connectivity index (χ0v) is 13.3. The van der Waals surface area contributed by atoms with Gasteiger partial charge >= 0.3 is 0 Å². The topological polar surface area (TPSA) is 70.8 Å². The van der Waals surface area contributed by atoms with Crippen molar-refractivity contribution in [3.63, 3.8) is 0 Å². The molecule has 120 valence electrons. The molecule has 0 unspecified atom stereocenters. The summed E-state index contributed by atoms with van der Waals surface area (Å²) in [4.78, 5) is 12.4. The van der Waals surface area contributed by atoms with Crippen LogP contribution in [0.25, 0.3) is 0 Å². The third kappa shape index (κ3) is 4.54. The molecule has 0 amide bonds. The van der Waals surface area contributed by atoms with Gasteiger partial charge in [-0.3, -0.25) is 15.5 Å². The predicted molar refractivity (Wildman–Crippen MR) is 94.3 cm³/mol. The minimum Gasteiger partial charge on any atom is -0.372 e. The first-order chi connectivity index (χ1) is 11.1. The first kappa shape index (κ1) is 16.5. The summed E-state index contributed by atoms with van der Waals surface area (Å²) in [6.07, 6.45) is 1.72. The third-order valence-corrected chi connectivity index (χ3v) is 3.51. The molecule has 0 atom stereocenters. The fourth-order valence-corrected chi connectivity index (χ4v) is 2.20. The predicted octanol–water partition coefficient (Wildman–Crippen LogP) is 3.89. The van der Waals surface area contributed by atoms with Crippen molar-refractivity contribution in [1.29, 1.82) is 0 Å². The molecule has 0 spiro atoms. The van der Waals surface area contributed by atoms with E-state index in [4.69, 9.17) is 0 Å². The molecular weight excluding hydrogens is 292 g/mol. The first-order valence-electron chi connectivity index (χ1n) is 7.52. The number of nitro groups is 1. The number of nitrogens with zero attached hydrogens (tertiary/aromatic N) is 3. The second-order valence-corrected chi connectivity index (χ2v) is 4.94. The monoisotopic (exact) mass is 312 g/mol. The van der Waals surface area contributed by atoms with Crippen LogP contribution in [-0.2, 0) is 0 Å². The lowest BCUT2D eigenvalue weighted by molar-refractivity contribution is -0.384. The number of anilines is 2. The lowest BCUT2D eigenvalue weighted by Crippen LogP contribution is -2.21. The van der Waals surface area contributed by atoms with Crippen LogP contribution in [0.3, 0.4) is 0 Å². The Labute approximate surface area is 135 Å². The molecule has 23 heavy (non-hydrogen) atoms. The molecule has 6 heteroatoms. The molecule has 0 aromatic heterocycles. The first-order valence-corrected chi connectivity index (χ1v) is 7.52. The van der Waals surface area contributed by atoms with E-state index < -0.39 is 4.92 Å². The van der Waals surface area contributed by atoms with Crippen molar-refractivity contribution >= 4 is 23.3 Å². The van der Waals surface area contributed by atoms with Crippen molar-refractivity contribution in [3.05, 3.63) is 64.2 Å². The van der Waals surface area contributed by atoms with Gasteiger partial charge in [-0.2, -0.15) is 5.10 Å². The van der Waals surface area contributed by atoms with E-state index in [2.05, 4.69) is 41.4 Å². The normalized spacial score (nSPS) is 10.7. The minimum absolute atomic E-state index is 0.0616. The van der Waals surface area contributed by atoms with E-state index in [-0.39, 0.29) is 5.69 Å². The molecule has 6 nitrogen and oxygen atoms in total. The summed E-state index contributed by atoms with van der Waals surface area (Å²) in [6.45, 7) is 6.22. The maximum Gasteiger partial charge on any atom is 0.269 e. The average molecular weight is 312 g/mol. The molecular formula is C17H20N4O2. The average Bonchev–Trinajstić information content (AvgIpc) is 2.58. The van der Waals surface area contributed by atoms with Crippen LogP contribution in [0, 0.1) is 10.1 Å². The van der Waals surface area contributed by atoms with Crippen LogP contribution in [0.15, 0.2) is 53.6 Å².